The summed E-state index contributed by atoms with van der Waals surface area (Å²) >= 11 is 0. The number of halogens is 3. The van der Waals surface area contributed by atoms with E-state index in [0.29, 0.717) is 12.2 Å². The minimum Gasteiger partial charge on any atom is -0.315 e. The third-order valence-electron chi connectivity index (χ3n) is 6.16. The molecule has 3 amide bonds. The van der Waals surface area contributed by atoms with Crippen molar-refractivity contribution in [2.24, 2.45) is 5.92 Å². The molecule has 39 heavy (non-hydrogen) atoms. The summed E-state index contributed by atoms with van der Waals surface area (Å²) in [6.07, 6.45) is -4.07. The summed E-state index contributed by atoms with van der Waals surface area (Å²) < 4.78 is 42.0. The van der Waals surface area contributed by atoms with Gasteiger partial charge in [0.2, 0.25) is 5.91 Å². The fourth-order valence-corrected chi connectivity index (χ4v) is 3.88. The predicted molar refractivity (Wildman–Crippen MR) is 147 cm³/mol. The van der Waals surface area contributed by atoms with Crippen molar-refractivity contribution < 1.29 is 22.8 Å². The number of benzene rings is 2. The first-order valence-electron chi connectivity index (χ1n) is 12.9. The average molecular weight is 544 g/mol. The van der Waals surface area contributed by atoms with E-state index in [1.54, 1.807) is 10.7 Å². The van der Waals surface area contributed by atoms with Gasteiger partial charge in [0.15, 0.2) is 0 Å². The number of hydrogen-bond acceptors (Lipinski definition) is 3. The lowest BCUT2D eigenvalue weighted by Crippen LogP contribution is -2.42. The highest BCUT2D eigenvalue weighted by atomic mass is 19.4. The van der Waals surface area contributed by atoms with Gasteiger partial charge in [-0.05, 0) is 43.0 Å². The van der Waals surface area contributed by atoms with E-state index in [4.69, 9.17) is 5.10 Å². The molecule has 0 atom stereocenters. The zero-order valence-electron chi connectivity index (χ0n) is 23.2. The summed E-state index contributed by atoms with van der Waals surface area (Å²) in [6.45, 7) is 11.7. The second-order valence-electron chi connectivity index (χ2n) is 11.0. The molecule has 0 saturated heterocycles. The van der Waals surface area contributed by atoms with Crippen molar-refractivity contribution in [3.63, 3.8) is 0 Å². The predicted octanol–water partition coefficient (Wildman–Crippen LogP) is 7.02. The van der Waals surface area contributed by atoms with E-state index in [1.165, 1.54) is 23.1 Å². The molecule has 1 aromatic heterocycles. The van der Waals surface area contributed by atoms with Crippen LogP contribution in [0.1, 0.15) is 57.9 Å². The van der Waals surface area contributed by atoms with E-state index in [9.17, 15) is 22.8 Å². The topological polar surface area (TPSA) is 79.3 Å². The van der Waals surface area contributed by atoms with Crippen LogP contribution in [0.4, 0.5) is 29.5 Å². The fraction of sp³-hybridized carbons (Fsp3) is 0.414. The van der Waals surface area contributed by atoms with Gasteiger partial charge in [-0.2, -0.15) is 18.3 Å². The first-order chi connectivity index (χ1) is 18.2. The van der Waals surface area contributed by atoms with Crippen LogP contribution in [0.25, 0.3) is 5.69 Å². The number of carbonyl (C=O) groups excluding carboxylic acids is 2. The fourth-order valence-electron chi connectivity index (χ4n) is 3.88. The number of urea groups is 1. The number of amides is 3. The molecule has 0 unspecified atom stereocenters. The molecular formula is C29H36F3N5O2. The normalized spacial score (nSPS) is 11.9. The van der Waals surface area contributed by atoms with Crippen LogP contribution in [-0.2, 0) is 16.4 Å². The number of anilines is 2. The highest BCUT2D eigenvalue weighted by molar-refractivity contribution is 5.97. The van der Waals surface area contributed by atoms with Gasteiger partial charge in [-0.3, -0.25) is 4.79 Å². The van der Waals surface area contributed by atoms with Crippen LogP contribution in [0.5, 0.6) is 0 Å². The highest BCUT2D eigenvalue weighted by Crippen LogP contribution is 2.34. The molecular weight excluding hydrogens is 507 g/mol. The first-order valence-corrected chi connectivity index (χ1v) is 12.9. The number of hydrogen-bond donors (Lipinski definition) is 2. The van der Waals surface area contributed by atoms with Gasteiger partial charge in [0.05, 0.1) is 22.6 Å². The number of carbonyl (C=O) groups is 2. The molecule has 1 heterocycles. The second kappa shape index (κ2) is 11.9. The van der Waals surface area contributed by atoms with E-state index in [1.807, 2.05) is 65.8 Å². The number of rotatable bonds is 8. The van der Waals surface area contributed by atoms with Crippen LogP contribution >= 0.6 is 0 Å². The van der Waals surface area contributed by atoms with Gasteiger partial charge in [0, 0.05) is 18.0 Å². The minimum absolute atomic E-state index is 0.190. The summed E-state index contributed by atoms with van der Waals surface area (Å²) in [5, 5.41) is 9.94. The van der Waals surface area contributed by atoms with Crippen molar-refractivity contribution >= 4 is 23.4 Å². The van der Waals surface area contributed by atoms with Gasteiger partial charge in [0.25, 0.3) is 0 Å². The third kappa shape index (κ3) is 7.84. The molecule has 0 fully saturated rings. The molecule has 0 radical (unpaired) electrons. The molecule has 3 aromatic rings. The molecule has 7 nitrogen and oxygen atoms in total. The van der Waals surface area contributed by atoms with Gasteiger partial charge in [-0.25, -0.2) is 9.48 Å². The quantitative estimate of drug-likeness (QED) is 0.321. The second-order valence-corrected chi connectivity index (χ2v) is 11.0. The summed E-state index contributed by atoms with van der Waals surface area (Å²) in [4.78, 5) is 27.6. The van der Waals surface area contributed by atoms with Crippen molar-refractivity contribution in [1.82, 2.24) is 14.7 Å². The Morgan fingerprint density at radius 2 is 1.64 bits per heavy atom. The van der Waals surface area contributed by atoms with E-state index in [2.05, 4.69) is 10.6 Å². The molecule has 10 heteroatoms. The minimum atomic E-state index is -4.64. The largest absolute Gasteiger partial charge is 0.418 e. The van der Waals surface area contributed by atoms with E-state index in [-0.39, 0.29) is 30.1 Å². The molecule has 0 aliphatic rings. The summed E-state index contributed by atoms with van der Waals surface area (Å²) in [5.41, 5.74) is 0.905. The summed E-state index contributed by atoms with van der Waals surface area (Å²) in [6, 6.07) is 13.4. The van der Waals surface area contributed by atoms with Gasteiger partial charge >= 0.3 is 12.2 Å². The Hall–Kier alpha value is -3.82. The molecule has 2 N–H and O–H groups in total. The zero-order chi connectivity index (χ0) is 29.0. The van der Waals surface area contributed by atoms with Crippen molar-refractivity contribution in [2.45, 2.75) is 59.6 Å². The summed E-state index contributed by atoms with van der Waals surface area (Å²) in [7, 11) is 0. The maximum absolute atomic E-state index is 13.5. The lowest BCUT2D eigenvalue weighted by molar-refractivity contribution is -0.137. The number of nitrogens with one attached hydrogen (secondary N) is 2. The van der Waals surface area contributed by atoms with Crippen LogP contribution < -0.4 is 10.6 Å². The molecule has 0 aliphatic carbocycles. The molecule has 0 spiro atoms. The third-order valence-corrected chi connectivity index (χ3v) is 6.16. The monoisotopic (exact) mass is 543 g/mol. The Labute approximate surface area is 227 Å². The number of para-hydroxylation sites is 2. The molecule has 0 saturated carbocycles. The molecule has 210 valence electrons. The first kappa shape index (κ1) is 29.7. The van der Waals surface area contributed by atoms with Gasteiger partial charge in [-0.15, -0.1) is 0 Å². The Morgan fingerprint density at radius 3 is 2.26 bits per heavy atom. The highest BCUT2D eigenvalue weighted by Gasteiger charge is 2.34. The number of alkyl halides is 3. The summed E-state index contributed by atoms with van der Waals surface area (Å²) in [5.74, 6) is 0.154. The van der Waals surface area contributed by atoms with Crippen molar-refractivity contribution in [2.75, 3.05) is 23.7 Å². The maximum atomic E-state index is 13.5. The number of aromatic nitrogens is 2. The average Bonchev–Trinajstić information content (AvgIpc) is 3.25. The standard InChI is InChI=1S/C29H36F3N5O2/c1-19(2)15-16-36(27(39)33-22-13-9-8-12-21(22)29(30,31)32)18-26(38)34-25-17-24(28(4,5)6)35-37(25)23-14-10-7-11-20(23)3/h7-14,17,19H,15-16,18H2,1-6H3,(H,33,39)(H,34,38). The maximum Gasteiger partial charge on any atom is 0.418 e. The molecule has 0 bridgehead atoms. The smallest absolute Gasteiger partial charge is 0.315 e. The Balaban J connectivity index is 1.86. The van der Waals surface area contributed by atoms with Crippen molar-refractivity contribution in [3.8, 4) is 5.69 Å². The zero-order valence-corrected chi connectivity index (χ0v) is 23.2. The lowest BCUT2D eigenvalue weighted by atomic mass is 9.92. The number of aryl methyl sites for hydroxylation is 1. The Kier molecular flexibility index (Phi) is 9.09. The lowest BCUT2D eigenvalue weighted by Gasteiger charge is -2.24. The molecule has 0 aliphatic heterocycles. The van der Waals surface area contributed by atoms with Crippen molar-refractivity contribution in [1.29, 1.82) is 0 Å². The van der Waals surface area contributed by atoms with Crippen molar-refractivity contribution in [3.05, 3.63) is 71.4 Å². The molecule has 2 aromatic carbocycles. The SMILES string of the molecule is Cc1ccccc1-n1nc(C(C)(C)C)cc1NC(=O)CN(CCC(C)C)C(=O)Nc1ccccc1C(F)(F)F. The van der Waals surface area contributed by atoms with E-state index >= 15 is 0 Å². The van der Waals surface area contributed by atoms with Crippen LogP contribution in [0, 0.1) is 12.8 Å². The van der Waals surface area contributed by atoms with Gasteiger partial charge in [0.1, 0.15) is 12.4 Å². The van der Waals surface area contributed by atoms with E-state index < -0.39 is 23.7 Å². The van der Waals surface area contributed by atoms with Crippen LogP contribution in [0.3, 0.4) is 0 Å². The van der Waals surface area contributed by atoms with Gasteiger partial charge < -0.3 is 15.5 Å². The number of nitrogens with zero attached hydrogens (tertiary/aromatic N) is 3. The Morgan fingerprint density at radius 1 is 1.00 bits per heavy atom. The van der Waals surface area contributed by atoms with Crippen LogP contribution in [0.15, 0.2) is 54.6 Å². The van der Waals surface area contributed by atoms with Crippen LogP contribution in [-0.4, -0.2) is 39.7 Å². The van der Waals surface area contributed by atoms with Crippen LogP contribution in [0.2, 0.25) is 0 Å². The van der Waals surface area contributed by atoms with E-state index in [0.717, 1.165) is 23.0 Å². The molecule has 3 rings (SSSR count). The Bertz CT molecular complexity index is 1310. The van der Waals surface area contributed by atoms with Gasteiger partial charge in [-0.1, -0.05) is 65.0 Å².